The molecule has 0 saturated carbocycles. The summed E-state index contributed by atoms with van der Waals surface area (Å²) in [6.45, 7) is 4.70. The molecule has 1 heterocycles. The fourth-order valence-electron chi connectivity index (χ4n) is 1.95. The van der Waals surface area contributed by atoms with Gasteiger partial charge in [-0.2, -0.15) is 0 Å². The van der Waals surface area contributed by atoms with E-state index in [0.29, 0.717) is 12.2 Å². The van der Waals surface area contributed by atoms with Gasteiger partial charge in [-0.05, 0) is 30.7 Å². The quantitative estimate of drug-likeness (QED) is 0.601. The number of carbonyl (C=O) groups excluding carboxylic acids is 1. The van der Waals surface area contributed by atoms with Gasteiger partial charge in [-0.25, -0.2) is 9.18 Å². The van der Waals surface area contributed by atoms with Crippen LogP contribution in [0.1, 0.15) is 16.8 Å². The van der Waals surface area contributed by atoms with E-state index < -0.39 is 5.97 Å². The van der Waals surface area contributed by atoms with Gasteiger partial charge >= 0.3 is 5.97 Å². The third-order valence-electron chi connectivity index (χ3n) is 3.04. The van der Waals surface area contributed by atoms with E-state index in [4.69, 9.17) is 9.47 Å². The number of hydrogen-bond acceptors (Lipinski definition) is 4. The summed E-state index contributed by atoms with van der Waals surface area (Å²) in [5, 5.41) is 0. The molecule has 5 heteroatoms. The average molecular weight is 267 g/mol. The Morgan fingerprint density at radius 2 is 1.95 bits per heavy atom. The zero-order chi connectivity index (χ0) is 13.5. The monoisotopic (exact) mass is 267 g/mol. The average Bonchev–Trinajstić information content (AvgIpc) is 2.45. The first kappa shape index (κ1) is 14.0. The molecular formula is C14H18FNO3. The maximum Gasteiger partial charge on any atom is 0.338 e. The van der Waals surface area contributed by atoms with Crippen molar-refractivity contribution in [3.05, 3.63) is 35.6 Å². The van der Waals surface area contributed by atoms with E-state index in [1.807, 2.05) is 0 Å². The third kappa shape index (κ3) is 4.61. The standard InChI is InChI=1S/C14H18FNO3/c15-13-4-2-12(3-5-13)14(17)19-9-1-6-16-7-10-18-11-8-16/h2-5H,1,6-11H2. The number of hydrogen-bond donors (Lipinski definition) is 0. The van der Waals surface area contributed by atoms with Gasteiger partial charge in [0.15, 0.2) is 0 Å². The summed E-state index contributed by atoms with van der Waals surface area (Å²) < 4.78 is 23.1. The van der Waals surface area contributed by atoms with E-state index in [1.165, 1.54) is 24.3 Å². The summed E-state index contributed by atoms with van der Waals surface area (Å²) in [6.07, 6.45) is 0.799. The summed E-state index contributed by atoms with van der Waals surface area (Å²) in [5.74, 6) is -0.758. The van der Waals surface area contributed by atoms with Crippen LogP contribution in [0.4, 0.5) is 4.39 Å². The Kier molecular flexibility index (Phi) is 5.30. The van der Waals surface area contributed by atoms with Crippen molar-refractivity contribution < 1.29 is 18.7 Å². The molecule has 1 saturated heterocycles. The fraction of sp³-hybridized carbons (Fsp3) is 0.500. The molecule has 0 atom stereocenters. The molecule has 0 unspecified atom stereocenters. The zero-order valence-corrected chi connectivity index (χ0v) is 10.8. The molecule has 0 aliphatic carbocycles. The molecule has 19 heavy (non-hydrogen) atoms. The highest BCUT2D eigenvalue weighted by Gasteiger charge is 2.10. The maximum absolute atomic E-state index is 12.7. The molecule has 2 rings (SSSR count). The Balaban J connectivity index is 1.64. The molecule has 1 aliphatic heterocycles. The highest BCUT2D eigenvalue weighted by molar-refractivity contribution is 5.89. The molecular weight excluding hydrogens is 249 g/mol. The molecule has 0 aromatic heterocycles. The first-order chi connectivity index (χ1) is 9.25. The number of ether oxygens (including phenoxy) is 2. The Morgan fingerprint density at radius 1 is 1.26 bits per heavy atom. The number of morpholine rings is 1. The van der Waals surface area contributed by atoms with Crippen molar-refractivity contribution in [3.8, 4) is 0 Å². The first-order valence-corrected chi connectivity index (χ1v) is 6.48. The van der Waals surface area contributed by atoms with Crippen LogP contribution in [0, 0.1) is 5.82 Å². The Morgan fingerprint density at radius 3 is 2.63 bits per heavy atom. The van der Waals surface area contributed by atoms with Crippen LogP contribution in [0.2, 0.25) is 0 Å². The second-order valence-electron chi connectivity index (χ2n) is 4.45. The number of halogens is 1. The van der Waals surface area contributed by atoms with E-state index in [2.05, 4.69) is 4.90 Å². The second kappa shape index (κ2) is 7.21. The first-order valence-electron chi connectivity index (χ1n) is 6.48. The highest BCUT2D eigenvalue weighted by Crippen LogP contribution is 2.05. The van der Waals surface area contributed by atoms with Crippen LogP contribution >= 0.6 is 0 Å². The van der Waals surface area contributed by atoms with Gasteiger partial charge in [0.1, 0.15) is 5.82 Å². The highest BCUT2D eigenvalue weighted by atomic mass is 19.1. The van der Waals surface area contributed by atoms with Crippen molar-refractivity contribution in [2.75, 3.05) is 39.5 Å². The summed E-state index contributed by atoms with van der Waals surface area (Å²) >= 11 is 0. The van der Waals surface area contributed by atoms with Gasteiger partial charge < -0.3 is 9.47 Å². The number of benzene rings is 1. The molecule has 0 radical (unpaired) electrons. The molecule has 0 N–H and O–H groups in total. The minimum atomic E-state index is -0.401. The van der Waals surface area contributed by atoms with Crippen LogP contribution in [0.15, 0.2) is 24.3 Å². The lowest BCUT2D eigenvalue weighted by molar-refractivity contribution is 0.0298. The summed E-state index contributed by atoms with van der Waals surface area (Å²) in [4.78, 5) is 13.9. The van der Waals surface area contributed by atoms with Gasteiger partial charge in [0.05, 0.1) is 25.4 Å². The predicted octanol–water partition coefficient (Wildman–Crippen LogP) is 1.70. The van der Waals surface area contributed by atoms with Gasteiger partial charge in [-0.15, -0.1) is 0 Å². The van der Waals surface area contributed by atoms with Crippen molar-refractivity contribution in [2.24, 2.45) is 0 Å². The van der Waals surface area contributed by atoms with Crippen LogP contribution in [-0.2, 0) is 9.47 Å². The molecule has 4 nitrogen and oxygen atoms in total. The summed E-state index contributed by atoms with van der Waals surface area (Å²) in [5.41, 5.74) is 0.382. The van der Waals surface area contributed by atoms with E-state index in [0.717, 1.165) is 39.3 Å². The third-order valence-corrected chi connectivity index (χ3v) is 3.04. The van der Waals surface area contributed by atoms with E-state index in [1.54, 1.807) is 0 Å². The van der Waals surface area contributed by atoms with Gasteiger partial charge in [0, 0.05) is 19.6 Å². The summed E-state index contributed by atoms with van der Waals surface area (Å²) in [7, 11) is 0. The lowest BCUT2D eigenvalue weighted by atomic mass is 10.2. The largest absolute Gasteiger partial charge is 0.462 e. The molecule has 0 bridgehead atoms. The molecule has 1 aliphatic rings. The lowest BCUT2D eigenvalue weighted by Crippen LogP contribution is -2.37. The summed E-state index contributed by atoms with van der Waals surface area (Å²) in [6, 6.07) is 5.37. The van der Waals surface area contributed by atoms with Crippen LogP contribution in [0.5, 0.6) is 0 Å². The van der Waals surface area contributed by atoms with Crippen molar-refractivity contribution >= 4 is 5.97 Å². The van der Waals surface area contributed by atoms with Crippen LogP contribution in [-0.4, -0.2) is 50.3 Å². The number of nitrogens with zero attached hydrogens (tertiary/aromatic N) is 1. The normalized spacial score (nSPS) is 16.3. The lowest BCUT2D eigenvalue weighted by Gasteiger charge is -2.26. The van der Waals surface area contributed by atoms with Crippen molar-refractivity contribution in [3.63, 3.8) is 0 Å². The van der Waals surface area contributed by atoms with Crippen molar-refractivity contribution in [2.45, 2.75) is 6.42 Å². The molecule has 1 aromatic carbocycles. The minimum Gasteiger partial charge on any atom is -0.462 e. The number of carbonyl (C=O) groups is 1. The van der Waals surface area contributed by atoms with Crippen LogP contribution < -0.4 is 0 Å². The van der Waals surface area contributed by atoms with E-state index >= 15 is 0 Å². The van der Waals surface area contributed by atoms with Gasteiger partial charge in [0.2, 0.25) is 0 Å². The molecule has 1 aromatic rings. The van der Waals surface area contributed by atoms with Crippen LogP contribution in [0.25, 0.3) is 0 Å². The molecule has 1 fully saturated rings. The fourth-order valence-corrected chi connectivity index (χ4v) is 1.95. The second-order valence-corrected chi connectivity index (χ2v) is 4.45. The Bertz CT molecular complexity index is 402. The molecule has 0 spiro atoms. The molecule has 0 amide bonds. The van der Waals surface area contributed by atoms with Crippen LogP contribution in [0.3, 0.4) is 0 Å². The minimum absolute atomic E-state index is 0.358. The topological polar surface area (TPSA) is 38.8 Å². The number of esters is 1. The van der Waals surface area contributed by atoms with Gasteiger partial charge in [0.25, 0.3) is 0 Å². The predicted molar refractivity (Wildman–Crippen MR) is 68.6 cm³/mol. The number of rotatable bonds is 5. The SMILES string of the molecule is O=C(OCCCN1CCOCC1)c1ccc(F)cc1. The van der Waals surface area contributed by atoms with Gasteiger partial charge in [-0.3, -0.25) is 4.90 Å². The van der Waals surface area contributed by atoms with E-state index in [-0.39, 0.29) is 5.82 Å². The zero-order valence-electron chi connectivity index (χ0n) is 10.8. The molecule has 104 valence electrons. The van der Waals surface area contributed by atoms with Crippen molar-refractivity contribution in [1.29, 1.82) is 0 Å². The van der Waals surface area contributed by atoms with E-state index in [9.17, 15) is 9.18 Å². The van der Waals surface area contributed by atoms with Crippen molar-refractivity contribution in [1.82, 2.24) is 4.90 Å². The van der Waals surface area contributed by atoms with Gasteiger partial charge in [-0.1, -0.05) is 0 Å². The maximum atomic E-state index is 12.7. The Labute approximate surface area is 112 Å². The Hall–Kier alpha value is -1.46. The smallest absolute Gasteiger partial charge is 0.338 e.